The van der Waals surface area contributed by atoms with Crippen LogP contribution in [0.1, 0.15) is 19.4 Å². The number of rotatable bonds is 7. The average molecular weight is 291 g/mol. The smallest absolute Gasteiger partial charge is 0.165 e. The van der Waals surface area contributed by atoms with Crippen LogP contribution in [0.5, 0.6) is 0 Å². The van der Waals surface area contributed by atoms with Gasteiger partial charge in [-0.2, -0.15) is 0 Å². The molecule has 0 fully saturated rings. The molecule has 0 amide bonds. The van der Waals surface area contributed by atoms with E-state index < -0.39 is 0 Å². The van der Waals surface area contributed by atoms with Gasteiger partial charge in [0.05, 0.1) is 19.3 Å². The lowest BCUT2D eigenvalue weighted by Crippen LogP contribution is -3.11. The molecule has 0 saturated carbocycles. The van der Waals surface area contributed by atoms with Crippen molar-refractivity contribution in [2.75, 3.05) is 26.2 Å². The molecule has 0 aliphatic rings. The number of likely N-dealkylation sites (N-methyl/N-ethyl adjacent to an activating group) is 1. The van der Waals surface area contributed by atoms with Crippen LogP contribution in [0.4, 0.5) is 0 Å². The van der Waals surface area contributed by atoms with Crippen LogP contribution in [-0.2, 0) is 4.84 Å². The number of halogens is 2. The first-order valence-electron chi connectivity index (χ1n) is 6.00. The molecule has 0 heterocycles. The molecule has 1 N–H and O–H groups in total. The highest BCUT2D eigenvalue weighted by Gasteiger charge is 2.00. The molecule has 1 aromatic rings. The zero-order valence-electron chi connectivity index (χ0n) is 10.8. The summed E-state index contributed by atoms with van der Waals surface area (Å²) in [7, 11) is 0. The molecular weight excluding hydrogens is 271 g/mol. The molecule has 0 atom stereocenters. The Morgan fingerprint density at radius 2 is 1.83 bits per heavy atom. The van der Waals surface area contributed by atoms with Gasteiger partial charge in [0.2, 0.25) is 0 Å². The third-order valence-corrected chi connectivity index (χ3v) is 2.95. The predicted octanol–water partition coefficient (Wildman–Crippen LogP) is -1.38. The summed E-state index contributed by atoms with van der Waals surface area (Å²) in [5, 5.41) is 4.66. The maximum atomic E-state index is 5.78. The van der Waals surface area contributed by atoms with Crippen LogP contribution in [-0.4, -0.2) is 32.5 Å². The lowest BCUT2D eigenvalue weighted by molar-refractivity contribution is -0.896. The topological polar surface area (TPSA) is 26.0 Å². The van der Waals surface area contributed by atoms with E-state index in [0.29, 0.717) is 6.61 Å². The molecule has 1 rings (SSSR count). The first kappa shape index (κ1) is 17.2. The molecule has 0 aliphatic carbocycles. The largest absolute Gasteiger partial charge is 1.00 e. The normalized spacial score (nSPS) is 10.7. The molecule has 0 aromatic heterocycles. The minimum Gasteiger partial charge on any atom is -1.00 e. The summed E-state index contributed by atoms with van der Waals surface area (Å²) in [6.45, 7) is 8.25. The SMILES string of the molecule is CC[NH+](CC)CCO/N=C/c1ccc(Cl)cc1.[Cl-]. The monoisotopic (exact) mass is 290 g/mol. The van der Waals surface area contributed by atoms with Crippen molar-refractivity contribution >= 4 is 17.8 Å². The van der Waals surface area contributed by atoms with Crippen molar-refractivity contribution in [3.63, 3.8) is 0 Å². The summed E-state index contributed by atoms with van der Waals surface area (Å²) in [4.78, 5) is 6.74. The van der Waals surface area contributed by atoms with Gasteiger partial charge in [-0.05, 0) is 31.5 Å². The maximum absolute atomic E-state index is 5.78. The van der Waals surface area contributed by atoms with Crippen molar-refractivity contribution in [2.24, 2.45) is 5.16 Å². The first-order chi connectivity index (χ1) is 8.26. The molecule has 102 valence electrons. The molecule has 3 nitrogen and oxygen atoms in total. The van der Waals surface area contributed by atoms with E-state index in [1.807, 2.05) is 24.3 Å². The number of quaternary nitrogens is 1. The van der Waals surface area contributed by atoms with E-state index in [1.165, 1.54) is 4.90 Å². The lowest BCUT2D eigenvalue weighted by atomic mass is 10.2. The highest BCUT2D eigenvalue weighted by Crippen LogP contribution is 2.07. The summed E-state index contributed by atoms with van der Waals surface area (Å²) >= 11 is 5.78. The van der Waals surface area contributed by atoms with Crippen LogP contribution < -0.4 is 17.3 Å². The molecule has 0 spiro atoms. The Morgan fingerprint density at radius 3 is 2.39 bits per heavy atom. The molecule has 5 heteroatoms. The highest BCUT2D eigenvalue weighted by molar-refractivity contribution is 6.30. The van der Waals surface area contributed by atoms with Gasteiger partial charge in [-0.3, -0.25) is 0 Å². The number of hydrogen-bond acceptors (Lipinski definition) is 2. The van der Waals surface area contributed by atoms with Gasteiger partial charge in [-0.1, -0.05) is 28.9 Å². The van der Waals surface area contributed by atoms with Crippen LogP contribution >= 0.6 is 11.6 Å². The van der Waals surface area contributed by atoms with E-state index in [1.54, 1.807) is 6.21 Å². The van der Waals surface area contributed by atoms with Crippen molar-refractivity contribution in [1.82, 2.24) is 0 Å². The van der Waals surface area contributed by atoms with Gasteiger partial charge >= 0.3 is 0 Å². The first-order valence-corrected chi connectivity index (χ1v) is 6.38. The van der Waals surface area contributed by atoms with Gasteiger partial charge in [0, 0.05) is 5.02 Å². The second-order valence-corrected chi connectivity index (χ2v) is 4.26. The van der Waals surface area contributed by atoms with Crippen molar-refractivity contribution in [2.45, 2.75) is 13.8 Å². The second-order valence-electron chi connectivity index (χ2n) is 3.83. The molecule has 0 aliphatic heterocycles. The number of nitrogens with one attached hydrogen (secondary N) is 1. The number of benzene rings is 1. The minimum absolute atomic E-state index is 0. The predicted molar refractivity (Wildman–Crippen MR) is 71.9 cm³/mol. The fourth-order valence-corrected chi connectivity index (χ4v) is 1.62. The molecule has 0 radical (unpaired) electrons. The van der Waals surface area contributed by atoms with Crippen LogP contribution in [0, 0.1) is 0 Å². The highest BCUT2D eigenvalue weighted by atomic mass is 35.5. The van der Waals surface area contributed by atoms with Gasteiger partial charge in [0.1, 0.15) is 6.54 Å². The number of nitrogens with zero attached hydrogens (tertiary/aromatic N) is 1. The van der Waals surface area contributed by atoms with E-state index in [9.17, 15) is 0 Å². The van der Waals surface area contributed by atoms with E-state index in [2.05, 4.69) is 19.0 Å². The zero-order valence-corrected chi connectivity index (χ0v) is 12.3. The summed E-state index contributed by atoms with van der Waals surface area (Å²) in [5.41, 5.74) is 0.990. The minimum atomic E-state index is 0. The van der Waals surface area contributed by atoms with Gasteiger partial charge in [-0.25, -0.2) is 0 Å². The third-order valence-electron chi connectivity index (χ3n) is 2.69. The summed E-state index contributed by atoms with van der Waals surface area (Å²) in [6.07, 6.45) is 1.70. The number of oxime groups is 1. The summed E-state index contributed by atoms with van der Waals surface area (Å²) in [6, 6.07) is 7.49. The van der Waals surface area contributed by atoms with Crippen molar-refractivity contribution in [3.8, 4) is 0 Å². The Bertz CT molecular complexity index is 337. The van der Waals surface area contributed by atoms with Crippen molar-refractivity contribution in [1.29, 1.82) is 0 Å². The maximum Gasteiger partial charge on any atom is 0.165 e. The van der Waals surface area contributed by atoms with Crippen molar-refractivity contribution in [3.05, 3.63) is 34.9 Å². The Kier molecular flexibility index (Phi) is 9.74. The molecule has 0 saturated heterocycles. The Balaban J connectivity index is 0.00000289. The standard InChI is InChI=1S/C13H19ClN2O.ClH/c1-3-16(4-2)9-10-17-15-11-12-5-7-13(14)8-6-12;/h5-8,11H,3-4,9-10H2,1-2H3;1H/b15-11+;. The fraction of sp³-hybridized carbons (Fsp3) is 0.462. The fourth-order valence-electron chi connectivity index (χ4n) is 1.49. The molecule has 1 aromatic carbocycles. The Hall–Kier alpha value is -0.770. The van der Waals surface area contributed by atoms with Crippen molar-refractivity contribution < 1.29 is 22.1 Å². The quantitative estimate of drug-likeness (QED) is 0.374. The van der Waals surface area contributed by atoms with Gasteiger partial charge in [0.25, 0.3) is 0 Å². The molecule has 0 unspecified atom stereocenters. The van der Waals surface area contributed by atoms with E-state index in [-0.39, 0.29) is 12.4 Å². The molecule has 0 bridgehead atoms. The summed E-state index contributed by atoms with van der Waals surface area (Å²) < 4.78 is 0. The van der Waals surface area contributed by atoms with Gasteiger partial charge in [0.15, 0.2) is 6.61 Å². The molecular formula is C13H20Cl2N2O. The van der Waals surface area contributed by atoms with Crippen LogP contribution in [0.15, 0.2) is 29.4 Å². The van der Waals surface area contributed by atoms with E-state index in [0.717, 1.165) is 30.2 Å². The lowest BCUT2D eigenvalue weighted by Gasteiger charge is -2.13. The van der Waals surface area contributed by atoms with Gasteiger partial charge < -0.3 is 22.1 Å². The zero-order chi connectivity index (χ0) is 12.5. The van der Waals surface area contributed by atoms with Crippen LogP contribution in [0.25, 0.3) is 0 Å². The second kappa shape index (κ2) is 10.2. The summed E-state index contributed by atoms with van der Waals surface area (Å²) in [5.74, 6) is 0. The number of hydrogen-bond donors (Lipinski definition) is 1. The average Bonchev–Trinajstić information content (AvgIpc) is 2.36. The Labute approximate surface area is 120 Å². The van der Waals surface area contributed by atoms with Crippen LogP contribution in [0.3, 0.4) is 0 Å². The van der Waals surface area contributed by atoms with Crippen LogP contribution in [0.2, 0.25) is 5.02 Å². The third kappa shape index (κ3) is 6.84. The van der Waals surface area contributed by atoms with E-state index in [4.69, 9.17) is 16.4 Å². The Morgan fingerprint density at radius 1 is 1.22 bits per heavy atom. The van der Waals surface area contributed by atoms with E-state index >= 15 is 0 Å². The molecule has 18 heavy (non-hydrogen) atoms. The van der Waals surface area contributed by atoms with Gasteiger partial charge in [-0.15, -0.1) is 0 Å².